The van der Waals surface area contributed by atoms with E-state index in [2.05, 4.69) is 10.4 Å². The van der Waals surface area contributed by atoms with Gasteiger partial charge in [0.05, 0.1) is 17.7 Å². The Morgan fingerprint density at radius 3 is 2.56 bits per heavy atom. The van der Waals surface area contributed by atoms with Crippen LogP contribution in [0, 0.1) is 0 Å². The van der Waals surface area contributed by atoms with Crippen molar-refractivity contribution < 1.29 is 14.7 Å². The number of rotatable bonds is 4. The molecule has 6 nitrogen and oxygen atoms in total. The smallest absolute Gasteiger partial charge is 0.305 e. The Balaban J connectivity index is 2.82. The van der Waals surface area contributed by atoms with E-state index in [1.807, 2.05) is 20.8 Å². The highest BCUT2D eigenvalue weighted by molar-refractivity contribution is 5.95. The van der Waals surface area contributed by atoms with Crippen molar-refractivity contribution in [2.45, 2.75) is 32.6 Å². The van der Waals surface area contributed by atoms with Crippen molar-refractivity contribution in [2.24, 2.45) is 7.05 Å². The highest BCUT2D eigenvalue weighted by Crippen LogP contribution is 2.23. The van der Waals surface area contributed by atoms with Gasteiger partial charge in [0.1, 0.15) is 0 Å². The fourth-order valence-corrected chi connectivity index (χ4v) is 1.59. The molecule has 1 rings (SSSR count). The Labute approximate surface area is 106 Å². The van der Waals surface area contributed by atoms with Crippen LogP contribution < -0.4 is 5.32 Å². The minimum absolute atomic E-state index is 0.0865. The maximum absolute atomic E-state index is 11.9. The van der Waals surface area contributed by atoms with E-state index < -0.39 is 5.97 Å². The van der Waals surface area contributed by atoms with Crippen molar-refractivity contribution in [1.82, 2.24) is 15.1 Å². The molecule has 0 fully saturated rings. The first-order chi connectivity index (χ1) is 8.21. The fourth-order valence-electron chi connectivity index (χ4n) is 1.59. The maximum Gasteiger partial charge on any atom is 0.305 e. The second-order valence-corrected chi connectivity index (χ2v) is 5.21. The number of aliphatic carboxylic acids is 1. The van der Waals surface area contributed by atoms with Gasteiger partial charge in [-0.05, 0) is 0 Å². The molecule has 0 aliphatic rings. The average molecular weight is 253 g/mol. The summed E-state index contributed by atoms with van der Waals surface area (Å²) in [6.07, 6.45) is 1.56. The first-order valence-corrected chi connectivity index (χ1v) is 5.76. The van der Waals surface area contributed by atoms with Gasteiger partial charge in [0, 0.05) is 25.2 Å². The van der Waals surface area contributed by atoms with E-state index in [-0.39, 0.29) is 24.3 Å². The molecule has 0 aliphatic carbocycles. The van der Waals surface area contributed by atoms with Crippen LogP contribution in [0.2, 0.25) is 0 Å². The van der Waals surface area contributed by atoms with Crippen molar-refractivity contribution in [3.63, 3.8) is 0 Å². The Kier molecular flexibility index (Phi) is 4.11. The zero-order chi connectivity index (χ0) is 13.9. The minimum Gasteiger partial charge on any atom is -0.481 e. The molecule has 0 saturated carbocycles. The predicted octanol–water partition coefficient (Wildman–Crippen LogP) is 0.922. The number of nitrogens with zero attached hydrogens (tertiary/aromatic N) is 2. The maximum atomic E-state index is 11.9. The van der Waals surface area contributed by atoms with E-state index in [0.717, 1.165) is 0 Å². The third kappa shape index (κ3) is 3.58. The lowest BCUT2D eigenvalue weighted by molar-refractivity contribution is -0.136. The van der Waals surface area contributed by atoms with Crippen LogP contribution >= 0.6 is 0 Å². The molecule has 2 N–H and O–H groups in total. The number of carboxylic acids is 1. The second-order valence-electron chi connectivity index (χ2n) is 5.21. The molecular weight excluding hydrogens is 234 g/mol. The number of aryl methyl sites for hydroxylation is 1. The summed E-state index contributed by atoms with van der Waals surface area (Å²) in [5.41, 5.74) is 0.967. The van der Waals surface area contributed by atoms with Crippen LogP contribution in [0.4, 0.5) is 0 Å². The first kappa shape index (κ1) is 14.2. The Hall–Kier alpha value is -1.85. The molecule has 18 heavy (non-hydrogen) atoms. The van der Waals surface area contributed by atoms with E-state index in [1.165, 1.54) is 0 Å². The highest BCUT2D eigenvalue weighted by atomic mass is 16.4. The summed E-state index contributed by atoms with van der Waals surface area (Å²) in [4.78, 5) is 22.3. The molecule has 0 bridgehead atoms. The molecule has 0 atom stereocenters. The third-order valence-corrected chi connectivity index (χ3v) is 2.41. The molecular formula is C12H19N3O3. The Bertz CT molecular complexity index is 458. The molecule has 1 heterocycles. The first-order valence-electron chi connectivity index (χ1n) is 5.76. The lowest BCUT2D eigenvalue weighted by Crippen LogP contribution is -2.28. The molecule has 0 unspecified atom stereocenters. The van der Waals surface area contributed by atoms with E-state index >= 15 is 0 Å². The summed E-state index contributed by atoms with van der Waals surface area (Å²) in [5, 5.41) is 15.4. The van der Waals surface area contributed by atoms with Crippen molar-refractivity contribution in [1.29, 1.82) is 0 Å². The van der Waals surface area contributed by atoms with Gasteiger partial charge < -0.3 is 10.4 Å². The van der Waals surface area contributed by atoms with E-state index in [1.54, 1.807) is 17.9 Å². The van der Waals surface area contributed by atoms with Crippen LogP contribution in [0.1, 0.15) is 43.2 Å². The monoisotopic (exact) mass is 253 g/mol. The van der Waals surface area contributed by atoms with Crippen LogP contribution in [0.5, 0.6) is 0 Å². The van der Waals surface area contributed by atoms with Crippen LogP contribution in [0.3, 0.4) is 0 Å². The normalized spacial score (nSPS) is 11.3. The van der Waals surface area contributed by atoms with Crippen LogP contribution in [0.15, 0.2) is 6.20 Å². The quantitative estimate of drug-likeness (QED) is 0.835. The number of carbonyl (C=O) groups is 2. The largest absolute Gasteiger partial charge is 0.481 e. The number of carboxylic acid groups (broad SMARTS) is 1. The fraction of sp³-hybridized carbons (Fsp3) is 0.583. The highest BCUT2D eigenvalue weighted by Gasteiger charge is 2.25. The number of aromatic nitrogens is 2. The number of nitrogens with one attached hydrogen (secondary N) is 1. The van der Waals surface area contributed by atoms with Gasteiger partial charge >= 0.3 is 5.97 Å². The van der Waals surface area contributed by atoms with Crippen molar-refractivity contribution in [3.05, 3.63) is 17.5 Å². The van der Waals surface area contributed by atoms with Crippen molar-refractivity contribution in [2.75, 3.05) is 6.54 Å². The van der Waals surface area contributed by atoms with Gasteiger partial charge in [-0.25, -0.2) is 0 Å². The minimum atomic E-state index is -0.933. The van der Waals surface area contributed by atoms with Gasteiger partial charge in [0.25, 0.3) is 5.91 Å². The van der Waals surface area contributed by atoms with Crippen molar-refractivity contribution in [3.8, 4) is 0 Å². The molecule has 1 amide bonds. The Morgan fingerprint density at radius 1 is 1.44 bits per heavy atom. The standard InChI is InChI=1S/C12H19N3O3/c1-12(2,3)10-8(7-15(4)14-10)11(18)13-6-5-9(16)17/h7H,5-6H2,1-4H3,(H,13,18)(H,16,17). The number of amides is 1. The molecule has 1 aromatic rings. The van der Waals surface area contributed by atoms with Gasteiger partial charge in [-0.15, -0.1) is 0 Å². The summed E-state index contributed by atoms with van der Waals surface area (Å²) >= 11 is 0. The molecule has 100 valence electrons. The summed E-state index contributed by atoms with van der Waals surface area (Å²) in [7, 11) is 1.75. The molecule has 0 radical (unpaired) electrons. The third-order valence-electron chi connectivity index (χ3n) is 2.41. The average Bonchev–Trinajstić information content (AvgIpc) is 2.59. The second kappa shape index (κ2) is 5.20. The zero-order valence-electron chi connectivity index (χ0n) is 11.1. The molecule has 0 saturated heterocycles. The Morgan fingerprint density at radius 2 is 2.06 bits per heavy atom. The van der Waals surface area contributed by atoms with Gasteiger partial charge in [-0.1, -0.05) is 20.8 Å². The predicted molar refractivity (Wildman–Crippen MR) is 66.5 cm³/mol. The van der Waals surface area contributed by atoms with Crippen molar-refractivity contribution >= 4 is 11.9 Å². The summed E-state index contributed by atoms with van der Waals surface area (Å²) in [6.45, 7) is 6.04. The van der Waals surface area contributed by atoms with E-state index in [9.17, 15) is 9.59 Å². The van der Waals surface area contributed by atoms with Crippen LogP contribution in [-0.4, -0.2) is 33.3 Å². The lowest BCUT2D eigenvalue weighted by Gasteiger charge is -2.17. The van der Waals surface area contributed by atoms with Crippen LogP contribution in [0.25, 0.3) is 0 Å². The van der Waals surface area contributed by atoms with Gasteiger partial charge in [0.15, 0.2) is 0 Å². The zero-order valence-corrected chi connectivity index (χ0v) is 11.1. The van der Waals surface area contributed by atoms with Gasteiger partial charge in [-0.2, -0.15) is 5.10 Å². The van der Waals surface area contributed by atoms with Gasteiger partial charge in [0.2, 0.25) is 0 Å². The van der Waals surface area contributed by atoms with E-state index in [0.29, 0.717) is 11.3 Å². The summed E-state index contributed by atoms with van der Waals surface area (Å²) in [5.74, 6) is -1.22. The van der Waals surface area contributed by atoms with E-state index in [4.69, 9.17) is 5.11 Å². The lowest BCUT2D eigenvalue weighted by atomic mass is 9.89. The molecule has 0 aliphatic heterocycles. The van der Waals surface area contributed by atoms with Gasteiger partial charge in [-0.3, -0.25) is 14.3 Å². The SMILES string of the molecule is Cn1cc(C(=O)NCCC(=O)O)c(C(C)(C)C)n1. The number of carbonyl (C=O) groups excluding carboxylic acids is 1. The number of hydrogen-bond donors (Lipinski definition) is 2. The number of hydrogen-bond acceptors (Lipinski definition) is 3. The summed E-state index contributed by atoms with van der Waals surface area (Å²) < 4.78 is 1.59. The molecule has 1 aromatic heterocycles. The summed E-state index contributed by atoms with van der Waals surface area (Å²) in [6, 6.07) is 0. The molecule has 0 aromatic carbocycles. The molecule has 6 heteroatoms. The topological polar surface area (TPSA) is 84.2 Å². The van der Waals surface area contributed by atoms with Crippen LogP contribution in [-0.2, 0) is 17.3 Å². The molecule has 0 spiro atoms.